The van der Waals surface area contributed by atoms with E-state index in [9.17, 15) is 4.79 Å². The molecule has 0 saturated heterocycles. The summed E-state index contributed by atoms with van der Waals surface area (Å²) in [5.74, 6) is 0.978. The zero-order valence-corrected chi connectivity index (χ0v) is 11.6. The molecule has 0 amide bonds. The number of ether oxygens (including phenoxy) is 2. The number of rotatable bonds is 2. The van der Waals surface area contributed by atoms with Crippen molar-refractivity contribution in [2.75, 3.05) is 7.11 Å². The van der Waals surface area contributed by atoms with Gasteiger partial charge in [-0.15, -0.1) is 0 Å². The van der Waals surface area contributed by atoms with E-state index in [1.807, 2.05) is 30.3 Å². The highest BCUT2D eigenvalue weighted by molar-refractivity contribution is 5.79. The Kier molecular flexibility index (Phi) is 3.18. The molecule has 1 aliphatic heterocycles. The fraction of sp³-hybridized carbons (Fsp3) is 0.235. The Balaban J connectivity index is 2.16. The van der Waals surface area contributed by atoms with Gasteiger partial charge in [0.25, 0.3) is 0 Å². The van der Waals surface area contributed by atoms with Gasteiger partial charge < -0.3 is 9.47 Å². The van der Waals surface area contributed by atoms with E-state index >= 15 is 0 Å². The first-order chi connectivity index (χ1) is 9.70. The monoisotopic (exact) mass is 268 g/mol. The Morgan fingerprint density at radius 2 is 1.85 bits per heavy atom. The Hall–Kier alpha value is -2.29. The van der Waals surface area contributed by atoms with E-state index in [0.717, 1.165) is 5.56 Å². The largest absolute Gasteiger partial charge is 0.493 e. The second-order valence-corrected chi connectivity index (χ2v) is 4.97. The first-order valence-corrected chi connectivity index (χ1v) is 6.64. The van der Waals surface area contributed by atoms with Crippen LogP contribution in [0, 0.1) is 6.92 Å². The van der Waals surface area contributed by atoms with E-state index in [1.165, 1.54) is 11.1 Å². The highest BCUT2D eigenvalue weighted by atomic mass is 16.6. The predicted octanol–water partition coefficient (Wildman–Crippen LogP) is 3.44. The zero-order valence-electron chi connectivity index (χ0n) is 11.6. The van der Waals surface area contributed by atoms with Crippen LogP contribution in [0.1, 0.15) is 29.0 Å². The van der Waals surface area contributed by atoms with Crippen LogP contribution in [0.15, 0.2) is 42.5 Å². The lowest BCUT2D eigenvalue weighted by Gasteiger charge is -2.27. The maximum Gasteiger partial charge on any atom is 0.312 e. The summed E-state index contributed by atoms with van der Waals surface area (Å²) in [7, 11) is 1.58. The molecule has 1 aliphatic rings. The molecule has 3 nitrogen and oxygen atoms in total. The minimum Gasteiger partial charge on any atom is -0.493 e. The summed E-state index contributed by atoms with van der Waals surface area (Å²) in [6.45, 7) is 2.06. The van der Waals surface area contributed by atoms with Crippen LogP contribution in [0.25, 0.3) is 0 Å². The normalized spacial score (nSPS) is 17.3. The Morgan fingerprint density at radius 1 is 1.10 bits per heavy atom. The number of hydrogen-bond acceptors (Lipinski definition) is 3. The van der Waals surface area contributed by atoms with Crippen LogP contribution < -0.4 is 9.47 Å². The van der Waals surface area contributed by atoms with E-state index in [4.69, 9.17) is 9.47 Å². The number of fused-ring (bicyclic) bond motifs is 1. The highest BCUT2D eigenvalue weighted by Gasteiger charge is 2.31. The average Bonchev–Trinajstić information content (AvgIpc) is 2.46. The van der Waals surface area contributed by atoms with Gasteiger partial charge in [-0.3, -0.25) is 4.79 Å². The van der Waals surface area contributed by atoms with Gasteiger partial charge in [-0.25, -0.2) is 0 Å². The van der Waals surface area contributed by atoms with Crippen LogP contribution in [-0.2, 0) is 4.79 Å². The quantitative estimate of drug-likeness (QED) is 0.618. The van der Waals surface area contributed by atoms with Crippen molar-refractivity contribution in [3.63, 3.8) is 0 Å². The zero-order chi connectivity index (χ0) is 14.1. The van der Waals surface area contributed by atoms with Gasteiger partial charge in [-0.05, 0) is 24.1 Å². The molecule has 0 saturated carbocycles. The van der Waals surface area contributed by atoms with Gasteiger partial charge >= 0.3 is 5.97 Å². The third-order valence-corrected chi connectivity index (χ3v) is 3.76. The summed E-state index contributed by atoms with van der Waals surface area (Å²) in [6.07, 6.45) is 0.366. The van der Waals surface area contributed by atoms with Gasteiger partial charge in [0, 0.05) is 11.5 Å². The number of carbonyl (C=O) groups excluding carboxylic acids is 1. The topological polar surface area (TPSA) is 35.5 Å². The summed E-state index contributed by atoms with van der Waals surface area (Å²) < 4.78 is 10.7. The van der Waals surface area contributed by atoms with Crippen LogP contribution >= 0.6 is 0 Å². The minimum atomic E-state index is -0.213. The van der Waals surface area contributed by atoms with Gasteiger partial charge in [-0.1, -0.05) is 36.4 Å². The molecule has 0 unspecified atom stereocenters. The van der Waals surface area contributed by atoms with E-state index in [0.29, 0.717) is 17.9 Å². The van der Waals surface area contributed by atoms with Gasteiger partial charge in [-0.2, -0.15) is 0 Å². The van der Waals surface area contributed by atoms with Crippen molar-refractivity contribution in [1.82, 2.24) is 0 Å². The lowest BCUT2D eigenvalue weighted by Crippen LogP contribution is -2.21. The van der Waals surface area contributed by atoms with Gasteiger partial charge in [0.05, 0.1) is 13.5 Å². The van der Waals surface area contributed by atoms with E-state index in [2.05, 4.69) is 19.1 Å². The van der Waals surface area contributed by atoms with Crippen molar-refractivity contribution >= 4 is 5.97 Å². The number of esters is 1. The molecular weight excluding hydrogens is 252 g/mol. The predicted molar refractivity (Wildman–Crippen MR) is 76.3 cm³/mol. The van der Waals surface area contributed by atoms with E-state index < -0.39 is 0 Å². The molecule has 0 radical (unpaired) electrons. The van der Waals surface area contributed by atoms with Crippen molar-refractivity contribution < 1.29 is 14.3 Å². The van der Waals surface area contributed by atoms with Gasteiger partial charge in [0.15, 0.2) is 11.5 Å². The lowest BCUT2D eigenvalue weighted by molar-refractivity contribution is -0.135. The average molecular weight is 268 g/mol. The molecule has 0 N–H and O–H groups in total. The third kappa shape index (κ3) is 2.05. The van der Waals surface area contributed by atoms with E-state index in [-0.39, 0.29) is 11.9 Å². The molecule has 1 atom stereocenters. The molecule has 3 heteroatoms. The third-order valence-electron chi connectivity index (χ3n) is 3.76. The van der Waals surface area contributed by atoms with Crippen LogP contribution in [0.4, 0.5) is 0 Å². The molecule has 0 aromatic heterocycles. The second-order valence-electron chi connectivity index (χ2n) is 4.97. The van der Waals surface area contributed by atoms with Crippen molar-refractivity contribution in [1.29, 1.82) is 0 Å². The van der Waals surface area contributed by atoms with Gasteiger partial charge in [0.1, 0.15) is 0 Å². The molecule has 0 spiro atoms. The molecule has 2 aromatic carbocycles. The Morgan fingerprint density at radius 3 is 2.60 bits per heavy atom. The molecule has 0 fully saturated rings. The Labute approximate surface area is 118 Å². The molecule has 20 heavy (non-hydrogen) atoms. The lowest BCUT2D eigenvalue weighted by atomic mass is 9.84. The second kappa shape index (κ2) is 5.00. The summed E-state index contributed by atoms with van der Waals surface area (Å²) in [5.41, 5.74) is 3.36. The number of methoxy groups -OCH3 is 1. The molecule has 102 valence electrons. The number of carbonyl (C=O) groups is 1. The minimum absolute atomic E-state index is 0.0301. The molecule has 3 rings (SSSR count). The van der Waals surface area contributed by atoms with Crippen molar-refractivity contribution in [3.8, 4) is 11.5 Å². The first-order valence-electron chi connectivity index (χ1n) is 6.64. The SMILES string of the molecule is COc1cccc2c1OC(=O)C[C@H]2c1ccccc1C. The van der Waals surface area contributed by atoms with Crippen molar-refractivity contribution in [2.45, 2.75) is 19.3 Å². The summed E-state index contributed by atoms with van der Waals surface area (Å²) >= 11 is 0. The standard InChI is InChI=1S/C17H16O3/c1-11-6-3-4-7-12(11)14-10-16(18)20-17-13(14)8-5-9-15(17)19-2/h3-9,14H,10H2,1-2H3/t14-/m0/s1. The fourth-order valence-electron chi connectivity index (χ4n) is 2.76. The van der Waals surface area contributed by atoms with Crippen molar-refractivity contribution in [3.05, 3.63) is 59.2 Å². The van der Waals surface area contributed by atoms with Gasteiger partial charge in [0.2, 0.25) is 0 Å². The fourth-order valence-corrected chi connectivity index (χ4v) is 2.76. The summed E-state index contributed by atoms with van der Waals surface area (Å²) in [5, 5.41) is 0. The maximum atomic E-state index is 11.9. The number of aryl methyl sites for hydroxylation is 1. The summed E-state index contributed by atoms with van der Waals surface area (Å²) in [4.78, 5) is 11.9. The summed E-state index contributed by atoms with van der Waals surface area (Å²) in [6, 6.07) is 13.9. The smallest absolute Gasteiger partial charge is 0.312 e. The van der Waals surface area contributed by atoms with Crippen LogP contribution in [0.5, 0.6) is 11.5 Å². The molecule has 2 aromatic rings. The van der Waals surface area contributed by atoms with Crippen LogP contribution in [0.2, 0.25) is 0 Å². The van der Waals surface area contributed by atoms with Crippen molar-refractivity contribution in [2.24, 2.45) is 0 Å². The number of benzene rings is 2. The number of hydrogen-bond donors (Lipinski definition) is 0. The Bertz CT molecular complexity index is 661. The number of para-hydroxylation sites is 1. The molecule has 1 heterocycles. The highest BCUT2D eigenvalue weighted by Crippen LogP contribution is 2.44. The molecule has 0 bridgehead atoms. The van der Waals surface area contributed by atoms with Crippen LogP contribution in [-0.4, -0.2) is 13.1 Å². The van der Waals surface area contributed by atoms with E-state index in [1.54, 1.807) is 7.11 Å². The first kappa shape index (κ1) is 12.7. The maximum absolute atomic E-state index is 11.9. The molecular formula is C17H16O3. The van der Waals surface area contributed by atoms with Crippen LogP contribution in [0.3, 0.4) is 0 Å². The molecule has 0 aliphatic carbocycles.